The van der Waals surface area contributed by atoms with Crippen LogP contribution in [0.15, 0.2) is 30.3 Å². The Balaban J connectivity index is 1.74. The zero-order valence-corrected chi connectivity index (χ0v) is 13.8. The molecule has 2 N–H and O–H groups in total. The molecule has 7 heteroatoms. The summed E-state index contributed by atoms with van der Waals surface area (Å²) in [4.78, 5) is 28.7. The van der Waals surface area contributed by atoms with E-state index in [9.17, 15) is 9.59 Å². The number of aromatic nitrogens is 3. The molecule has 0 saturated heterocycles. The maximum atomic E-state index is 12.5. The lowest BCUT2D eigenvalue weighted by Crippen LogP contribution is -2.39. The summed E-state index contributed by atoms with van der Waals surface area (Å²) < 4.78 is 1.53. The van der Waals surface area contributed by atoms with Gasteiger partial charge in [-0.05, 0) is 11.5 Å². The van der Waals surface area contributed by atoms with E-state index in [1.54, 1.807) is 0 Å². The molecule has 0 aliphatic carbocycles. The summed E-state index contributed by atoms with van der Waals surface area (Å²) in [5.41, 5.74) is 1.01. The highest BCUT2D eigenvalue weighted by atomic mass is 16.2. The average Bonchev–Trinajstić information content (AvgIpc) is 2.94. The summed E-state index contributed by atoms with van der Waals surface area (Å²) >= 11 is 0. The van der Waals surface area contributed by atoms with Gasteiger partial charge >= 0.3 is 0 Å². The quantitative estimate of drug-likeness (QED) is 0.874. The van der Waals surface area contributed by atoms with E-state index in [1.807, 2.05) is 30.3 Å². The van der Waals surface area contributed by atoms with Gasteiger partial charge in [0, 0.05) is 13.0 Å². The van der Waals surface area contributed by atoms with E-state index in [2.05, 4.69) is 34.6 Å². The number of hydrogen-bond acceptors (Lipinski definition) is 4. The van der Waals surface area contributed by atoms with Crippen LogP contribution in [0.3, 0.4) is 0 Å². The number of nitrogens with zero attached hydrogens (tertiary/aromatic N) is 3. The minimum atomic E-state index is -0.661. The van der Waals surface area contributed by atoms with Crippen LogP contribution in [0, 0.1) is 5.92 Å². The molecule has 7 nitrogen and oxygen atoms in total. The van der Waals surface area contributed by atoms with Crippen molar-refractivity contribution in [3.8, 4) is 0 Å². The third-order valence-corrected chi connectivity index (χ3v) is 3.80. The van der Waals surface area contributed by atoms with E-state index in [0.29, 0.717) is 30.7 Å². The Morgan fingerprint density at radius 1 is 1.38 bits per heavy atom. The molecule has 126 valence electrons. The molecule has 1 aromatic heterocycles. The molecule has 1 aliphatic rings. The second kappa shape index (κ2) is 6.82. The van der Waals surface area contributed by atoms with Gasteiger partial charge < -0.3 is 5.32 Å². The molecule has 0 spiro atoms. The van der Waals surface area contributed by atoms with Crippen molar-refractivity contribution in [2.45, 2.75) is 39.3 Å². The standard InChI is InChI=1S/C17H21N5O2/c1-11(2)8-14-19-17-20-15(23)9-13(22(17)21-14)16(24)18-10-12-6-4-3-5-7-12/h3-7,11,13H,8-10H2,1-2H3,(H,18,24)(H,19,20,21,23)/t13-/m0/s1. The predicted octanol–water partition coefficient (Wildman–Crippen LogP) is 1.68. The number of fused-ring (bicyclic) bond motifs is 1. The van der Waals surface area contributed by atoms with Crippen LogP contribution in [0.4, 0.5) is 5.95 Å². The van der Waals surface area contributed by atoms with E-state index in [0.717, 1.165) is 5.56 Å². The van der Waals surface area contributed by atoms with E-state index in [4.69, 9.17) is 0 Å². The van der Waals surface area contributed by atoms with Gasteiger partial charge in [0.25, 0.3) is 0 Å². The molecule has 1 aromatic carbocycles. The van der Waals surface area contributed by atoms with Gasteiger partial charge in [0.1, 0.15) is 6.04 Å². The first kappa shape index (κ1) is 16.2. The van der Waals surface area contributed by atoms with Crippen LogP contribution in [-0.4, -0.2) is 26.6 Å². The molecular weight excluding hydrogens is 306 g/mol. The number of hydrogen-bond donors (Lipinski definition) is 2. The lowest BCUT2D eigenvalue weighted by atomic mass is 10.1. The smallest absolute Gasteiger partial charge is 0.245 e. The van der Waals surface area contributed by atoms with Crippen molar-refractivity contribution in [2.24, 2.45) is 5.92 Å². The summed E-state index contributed by atoms with van der Waals surface area (Å²) in [6.07, 6.45) is 0.770. The van der Waals surface area contributed by atoms with Crippen LogP contribution < -0.4 is 10.6 Å². The fourth-order valence-electron chi connectivity index (χ4n) is 2.67. The predicted molar refractivity (Wildman–Crippen MR) is 89.1 cm³/mol. The number of carbonyl (C=O) groups is 2. The number of nitrogens with one attached hydrogen (secondary N) is 2. The Kier molecular flexibility index (Phi) is 4.59. The molecule has 2 heterocycles. The van der Waals surface area contributed by atoms with Crippen LogP contribution >= 0.6 is 0 Å². The Hall–Kier alpha value is -2.70. The maximum Gasteiger partial charge on any atom is 0.245 e. The van der Waals surface area contributed by atoms with Gasteiger partial charge in [0.15, 0.2) is 5.82 Å². The topological polar surface area (TPSA) is 88.9 Å². The van der Waals surface area contributed by atoms with E-state index in [1.165, 1.54) is 4.68 Å². The number of benzene rings is 1. The Morgan fingerprint density at radius 2 is 2.12 bits per heavy atom. The van der Waals surface area contributed by atoms with Crippen LogP contribution in [0.25, 0.3) is 0 Å². The lowest BCUT2D eigenvalue weighted by Gasteiger charge is -2.22. The number of rotatable bonds is 5. The molecule has 2 amide bonds. The molecule has 2 aromatic rings. The second-order valence-corrected chi connectivity index (χ2v) is 6.37. The number of carbonyl (C=O) groups excluding carboxylic acids is 2. The van der Waals surface area contributed by atoms with Gasteiger partial charge in [-0.2, -0.15) is 10.1 Å². The molecule has 0 saturated carbocycles. The van der Waals surface area contributed by atoms with Gasteiger partial charge in [-0.15, -0.1) is 0 Å². The Labute approximate surface area is 140 Å². The molecule has 0 bridgehead atoms. The molecule has 1 aliphatic heterocycles. The Morgan fingerprint density at radius 3 is 2.83 bits per heavy atom. The van der Waals surface area contributed by atoms with Crippen molar-refractivity contribution in [3.63, 3.8) is 0 Å². The molecule has 0 radical (unpaired) electrons. The van der Waals surface area contributed by atoms with Crippen molar-refractivity contribution >= 4 is 17.8 Å². The van der Waals surface area contributed by atoms with Gasteiger partial charge in [-0.25, -0.2) is 4.68 Å². The highest BCUT2D eigenvalue weighted by molar-refractivity contribution is 5.96. The van der Waals surface area contributed by atoms with Gasteiger partial charge in [0.05, 0.1) is 6.42 Å². The highest BCUT2D eigenvalue weighted by Crippen LogP contribution is 2.23. The van der Waals surface area contributed by atoms with Gasteiger partial charge in [0.2, 0.25) is 17.8 Å². The first-order valence-corrected chi connectivity index (χ1v) is 8.10. The highest BCUT2D eigenvalue weighted by Gasteiger charge is 2.32. The van der Waals surface area contributed by atoms with Gasteiger partial charge in [-0.1, -0.05) is 44.2 Å². The Bertz CT molecular complexity index is 739. The van der Waals surface area contributed by atoms with E-state index >= 15 is 0 Å². The molecule has 24 heavy (non-hydrogen) atoms. The van der Waals surface area contributed by atoms with Crippen LogP contribution in [0.1, 0.15) is 37.7 Å². The first-order chi connectivity index (χ1) is 11.5. The maximum absolute atomic E-state index is 12.5. The minimum absolute atomic E-state index is 0.0676. The third kappa shape index (κ3) is 3.61. The summed E-state index contributed by atoms with van der Waals surface area (Å²) in [5, 5.41) is 9.97. The monoisotopic (exact) mass is 327 g/mol. The average molecular weight is 327 g/mol. The molecule has 0 fully saturated rings. The van der Waals surface area contributed by atoms with Crippen molar-refractivity contribution < 1.29 is 9.59 Å². The SMILES string of the molecule is CC(C)Cc1nc2n(n1)[C@H](C(=O)NCc1ccccc1)CC(=O)N2. The largest absolute Gasteiger partial charge is 0.350 e. The summed E-state index contributed by atoms with van der Waals surface area (Å²) in [6.45, 7) is 4.56. The fourth-order valence-corrected chi connectivity index (χ4v) is 2.67. The van der Waals surface area contributed by atoms with Crippen LogP contribution in [0.2, 0.25) is 0 Å². The fraction of sp³-hybridized carbons (Fsp3) is 0.412. The van der Waals surface area contributed by atoms with Crippen molar-refractivity contribution in [2.75, 3.05) is 5.32 Å². The number of amides is 2. The second-order valence-electron chi connectivity index (χ2n) is 6.37. The molecule has 0 unspecified atom stereocenters. The summed E-state index contributed by atoms with van der Waals surface area (Å²) in [5.74, 6) is 0.946. The van der Waals surface area contributed by atoms with E-state index in [-0.39, 0.29) is 18.2 Å². The molecule has 3 rings (SSSR count). The lowest BCUT2D eigenvalue weighted by molar-refractivity contribution is -0.129. The molecular formula is C17H21N5O2. The van der Waals surface area contributed by atoms with Crippen LogP contribution in [-0.2, 0) is 22.6 Å². The first-order valence-electron chi connectivity index (χ1n) is 8.10. The van der Waals surface area contributed by atoms with Crippen molar-refractivity contribution in [3.05, 3.63) is 41.7 Å². The normalized spacial score (nSPS) is 16.6. The van der Waals surface area contributed by atoms with E-state index < -0.39 is 6.04 Å². The number of anilines is 1. The van der Waals surface area contributed by atoms with Crippen molar-refractivity contribution in [1.82, 2.24) is 20.1 Å². The zero-order valence-electron chi connectivity index (χ0n) is 13.8. The van der Waals surface area contributed by atoms with Crippen LogP contribution in [0.5, 0.6) is 0 Å². The summed E-state index contributed by atoms with van der Waals surface area (Å²) in [6, 6.07) is 8.98. The minimum Gasteiger partial charge on any atom is -0.350 e. The summed E-state index contributed by atoms with van der Waals surface area (Å²) in [7, 11) is 0. The zero-order chi connectivity index (χ0) is 17.1. The van der Waals surface area contributed by atoms with Gasteiger partial charge in [-0.3, -0.25) is 14.9 Å². The third-order valence-electron chi connectivity index (χ3n) is 3.80. The van der Waals surface area contributed by atoms with Crippen molar-refractivity contribution in [1.29, 1.82) is 0 Å². The molecule has 1 atom stereocenters.